The zero-order chi connectivity index (χ0) is 11.2. The van der Waals surface area contributed by atoms with E-state index in [0.717, 1.165) is 12.8 Å². The number of hydrogen-bond donors (Lipinski definition) is 1. The zero-order valence-corrected chi connectivity index (χ0v) is 9.43. The lowest BCUT2D eigenvalue weighted by atomic mass is 10.1. The molecular weight excluding hydrogens is 200 g/mol. The van der Waals surface area contributed by atoms with Crippen molar-refractivity contribution >= 4 is 6.02 Å². The van der Waals surface area contributed by atoms with Gasteiger partial charge < -0.3 is 10.5 Å². The van der Waals surface area contributed by atoms with Crippen LogP contribution < -0.4 is 5.73 Å². The summed E-state index contributed by atoms with van der Waals surface area (Å²) in [5, 5.41) is 0. The van der Waals surface area contributed by atoms with Crippen LogP contribution >= 0.6 is 0 Å². The summed E-state index contributed by atoms with van der Waals surface area (Å²) >= 11 is 0. The minimum Gasteiger partial charge on any atom is -0.463 e. The Balaban J connectivity index is 1.62. The molecule has 2 N–H and O–H groups in total. The molecule has 0 aliphatic carbocycles. The highest BCUT2D eigenvalue weighted by molar-refractivity contribution is 5.72. The van der Waals surface area contributed by atoms with E-state index in [4.69, 9.17) is 10.5 Å². The lowest BCUT2D eigenvalue weighted by molar-refractivity contribution is 0.305. The highest BCUT2D eigenvalue weighted by Crippen LogP contribution is 2.12. The number of nitrogens with two attached hydrogens (primary N) is 1. The van der Waals surface area contributed by atoms with Crippen molar-refractivity contribution in [3.05, 3.63) is 35.9 Å². The molecule has 2 rings (SSSR count). The van der Waals surface area contributed by atoms with Crippen LogP contribution in [0.25, 0.3) is 0 Å². The molecular formula is C13H18N2O. The van der Waals surface area contributed by atoms with Gasteiger partial charge in [-0.1, -0.05) is 36.8 Å². The van der Waals surface area contributed by atoms with Crippen molar-refractivity contribution < 1.29 is 4.74 Å². The molecule has 86 valence electrons. The predicted octanol–water partition coefficient (Wildman–Crippen LogP) is 2.11. The number of rotatable bonds is 5. The van der Waals surface area contributed by atoms with Crippen molar-refractivity contribution in [1.29, 1.82) is 0 Å². The smallest absolute Gasteiger partial charge is 0.282 e. The lowest BCUT2D eigenvalue weighted by Crippen LogP contribution is -2.10. The van der Waals surface area contributed by atoms with E-state index in [1.54, 1.807) is 0 Å². The van der Waals surface area contributed by atoms with Crippen LogP contribution in [-0.4, -0.2) is 18.7 Å². The van der Waals surface area contributed by atoms with Crippen molar-refractivity contribution in [1.82, 2.24) is 0 Å². The van der Waals surface area contributed by atoms with Crippen LogP contribution in [0, 0.1) is 0 Å². The lowest BCUT2D eigenvalue weighted by Gasteiger charge is -2.04. The number of aliphatic imine (C=N–C) groups is 1. The summed E-state index contributed by atoms with van der Waals surface area (Å²) in [6, 6.07) is 11.2. The molecule has 0 aromatic heterocycles. The molecule has 0 radical (unpaired) electrons. The Bertz CT molecular complexity index is 348. The van der Waals surface area contributed by atoms with E-state index in [1.165, 1.54) is 18.4 Å². The third kappa shape index (κ3) is 3.26. The second-order valence-corrected chi connectivity index (χ2v) is 4.16. The summed E-state index contributed by atoms with van der Waals surface area (Å²) in [6.45, 7) is 0.664. The summed E-state index contributed by atoms with van der Waals surface area (Å²) in [4.78, 5) is 4.21. The van der Waals surface area contributed by atoms with E-state index in [2.05, 4.69) is 35.3 Å². The van der Waals surface area contributed by atoms with Crippen LogP contribution in [0.2, 0.25) is 0 Å². The topological polar surface area (TPSA) is 47.6 Å². The fourth-order valence-corrected chi connectivity index (χ4v) is 1.94. The molecule has 1 aromatic carbocycles. The molecule has 1 aromatic rings. The summed E-state index contributed by atoms with van der Waals surface area (Å²) in [7, 11) is 0. The van der Waals surface area contributed by atoms with Gasteiger partial charge in [-0.15, -0.1) is 0 Å². The van der Waals surface area contributed by atoms with Crippen molar-refractivity contribution in [2.24, 2.45) is 10.7 Å². The molecule has 16 heavy (non-hydrogen) atoms. The van der Waals surface area contributed by atoms with Crippen molar-refractivity contribution in [2.75, 3.05) is 6.61 Å². The molecule has 0 spiro atoms. The van der Waals surface area contributed by atoms with Gasteiger partial charge in [0.2, 0.25) is 0 Å². The van der Waals surface area contributed by atoms with Crippen LogP contribution in [-0.2, 0) is 11.2 Å². The Morgan fingerprint density at radius 3 is 2.75 bits per heavy atom. The number of hydrogen-bond acceptors (Lipinski definition) is 3. The largest absolute Gasteiger partial charge is 0.463 e. The Morgan fingerprint density at radius 1 is 1.25 bits per heavy atom. The molecule has 1 heterocycles. The average Bonchev–Trinajstić information content (AvgIpc) is 2.72. The summed E-state index contributed by atoms with van der Waals surface area (Å²) in [5.41, 5.74) is 6.86. The number of aryl methyl sites for hydroxylation is 1. The molecule has 3 heteroatoms. The van der Waals surface area contributed by atoms with Gasteiger partial charge in [0.25, 0.3) is 6.02 Å². The van der Waals surface area contributed by atoms with Crippen LogP contribution in [0.15, 0.2) is 35.3 Å². The van der Waals surface area contributed by atoms with E-state index >= 15 is 0 Å². The molecule has 1 aliphatic heterocycles. The highest BCUT2D eigenvalue weighted by Gasteiger charge is 2.15. The first kappa shape index (κ1) is 11.0. The molecule has 0 saturated heterocycles. The van der Waals surface area contributed by atoms with E-state index in [0.29, 0.717) is 12.6 Å². The molecule has 0 fully saturated rings. The predicted molar refractivity (Wildman–Crippen MR) is 65.4 cm³/mol. The quantitative estimate of drug-likeness (QED) is 0.769. The van der Waals surface area contributed by atoms with Gasteiger partial charge in [-0.3, -0.25) is 0 Å². The first-order valence-corrected chi connectivity index (χ1v) is 5.84. The standard InChI is InChI=1S/C13H18N2O/c14-13-15-12(10-16-13)9-5-4-8-11-6-2-1-3-7-11/h1-3,6-7,12H,4-5,8-10H2,(H2,14,15). The highest BCUT2D eigenvalue weighted by atomic mass is 16.5. The van der Waals surface area contributed by atoms with Gasteiger partial charge in [0.1, 0.15) is 6.61 Å². The van der Waals surface area contributed by atoms with Crippen molar-refractivity contribution in [3.8, 4) is 0 Å². The Morgan fingerprint density at radius 2 is 2.06 bits per heavy atom. The molecule has 0 saturated carbocycles. The van der Waals surface area contributed by atoms with Gasteiger partial charge in [-0.25, -0.2) is 4.99 Å². The third-order valence-electron chi connectivity index (χ3n) is 2.83. The molecule has 0 bridgehead atoms. The van der Waals surface area contributed by atoms with E-state index in [1.807, 2.05) is 0 Å². The SMILES string of the molecule is NC1=NC(CCCCc2ccccc2)CO1. The number of amidine groups is 1. The van der Waals surface area contributed by atoms with Gasteiger partial charge in [0.05, 0.1) is 6.04 Å². The van der Waals surface area contributed by atoms with Crippen LogP contribution in [0.3, 0.4) is 0 Å². The molecule has 1 unspecified atom stereocenters. The average molecular weight is 218 g/mol. The Kier molecular flexibility index (Phi) is 3.81. The van der Waals surface area contributed by atoms with Crippen molar-refractivity contribution in [3.63, 3.8) is 0 Å². The number of benzene rings is 1. The fraction of sp³-hybridized carbons (Fsp3) is 0.462. The molecule has 1 aliphatic rings. The van der Waals surface area contributed by atoms with Gasteiger partial charge in [-0.05, 0) is 24.8 Å². The minimum atomic E-state index is 0.288. The van der Waals surface area contributed by atoms with Gasteiger partial charge in [0.15, 0.2) is 0 Å². The first-order valence-electron chi connectivity index (χ1n) is 5.84. The summed E-state index contributed by atoms with van der Waals surface area (Å²) < 4.78 is 5.11. The Hall–Kier alpha value is -1.51. The fourth-order valence-electron chi connectivity index (χ4n) is 1.94. The van der Waals surface area contributed by atoms with E-state index in [-0.39, 0.29) is 6.04 Å². The number of unbranched alkanes of at least 4 members (excludes halogenated alkanes) is 1. The molecule has 3 nitrogen and oxygen atoms in total. The normalized spacial score (nSPS) is 19.2. The maximum absolute atomic E-state index is 5.45. The maximum Gasteiger partial charge on any atom is 0.282 e. The zero-order valence-electron chi connectivity index (χ0n) is 9.43. The monoisotopic (exact) mass is 218 g/mol. The van der Waals surface area contributed by atoms with Crippen LogP contribution in [0.4, 0.5) is 0 Å². The van der Waals surface area contributed by atoms with Crippen molar-refractivity contribution in [2.45, 2.75) is 31.7 Å². The maximum atomic E-state index is 5.45. The summed E-state index contributed by atoms with van der Waals surface area (Å²) in [6.07, 6.45) is 4.61. The van der Waals surface area contributed by atoms with E-state index in [9.17, 15) is 0 Å². The van der Waals surface area contributed by atoms with Crippen LogP contribution in [0.5, 0.6) is 0 Å². The van der Waals surface area contributed by atoms with E-state index < -0.39 is 0 Å². The first-order chi connectivity index (χ1) is 7.84. The molecule has 1 atom stereocenters. The van der Waals surface area contributed by atoms with Gasteiger partial charge in [-0.2, -0.15) is 0 Å². The second-order valence-electron chi connectivity index (χ2n) is 4.16. The van der Waals surface area contributed by atoms with Gasteiger partial charge in [0, 0.05) is 0 Å². The van der Waals surface area contributed by atoms with Crippen LogP contribution in [0.1, 0.15) is 24.8 Å². The number of ether oxygens (including phenoxy) is 1. The second kappa shape index (κ2) is 5.54. The summed E-state index contributed by atoms with van der Waals surface area (Å²) in [5.74, 6) is 0. The van der Waals surface area contributed by atoms with Gasteiger partial charge >= 0.3 is 0 Å². The Labute approximate surface area is 96.3 Å². The molecule has 0 amide bonds. The minimum absolute atomic E-state index is 0.288. The third-order valence-corrected chi connectivity index (χ3v) is 2.83. The number of nitrogens with zero attached hydrogens (tertiary/aromatic N) is 1.